The first kappa shape index (κ1) is 13.2. The lowest BCUT2D eigenvalue weighted by Gasteiger charge is -2.11. The number of benzene rings is 2. The van der Waals surface area contributed by atoms with E-state index in [1.807, 2.05) is 0 Å². The van der Waals surface area contributed by atoms with Crippen LogP contribution in [0.3, 0.4) is 0 Å². The molecular weight excluding hydrogens is 276 g/mol. The highest BCUT2D eigenvalue weighted by atomic mass is 35.5. The van der Waals surface area contributed by atoms with E-state index in [0.717, 1.165) is 35.5 Å². The Morgan fingerprint density at radius 2 is 1.89 bits per heavy atom. The Bertz CT molecular complexity index is 602. The molecule has 0 amide bonds. The number of rotatable bonds is 2. The van der Waals surface area contributed by atoms with E-state index in [-0.39, 0.29) is 4.90 Å². The Morgan fingerprint density at radius 3 is 2.61 bits per heavy atom. The normalized spacial score (nSPS) is 10.7. The van der Waals surface area contributed by atoms with Gasteiger partial charge in [-0.15, -0.1) is 0 Å². The molecule has 0 unspecified atom stereocenters. The maximum absolute atomic E-state index is 13.6. The van der Waals surface area contributed by atoms with Gasteiger partial charge in [0.2, 0.25) is 0 Å². The lowest BCUT2D eigenvalue weighted by atomic mass is 10.2. The molecule has 94 valence electrons. The van der Waals surface area contributed by atoms with Crippen LogP contribution in [0.4, 0.5) is 14.5 Å². The van der Waals surface area contributed by atoms with Crippen LogP contribution in [0.5, 0.6) is 0 Å². The molecule has 2 aromatic carbocycles. The van der Waals surface area contributed by atoms with Crippen molar-refractivity contribution in [2.45, 2.75) is 16.7 Å². The van der Waals surface area contributed by atoms with E-state index in [9.17, 15) is 8.78 Å². The summed E-state index contributed by atoms with van der Waals surface area (Å²) in [4.78, 5) is 0.832. The average molecular weight is 286 g/mol. The van der Waals surface area contributed by atoms with Gasteiger partial charge in [0.15, 0.2) is 0 Å². The zero-order valence-corrected chi connectivity index (χ0v) is 11.1. The topological polar surface area (TPSA) is 26.0 Å². The van der Waals surface area contributed by atoms with E-state index >= 15 is 0 Å². The van der Waals surface area contributed by atoms with Crippen LogP contribution in [-0.2, 0) is 0 Å². The number of halogens is 3. The lowest BCUT2D eigenvalue weighted by Crippen LogP contribution is -1.93. The summed E-state index contributed by atoms with van der Waals surface area (Å²) in [5.74, 6) is -0.975. The van der Waals surface area contributed by atoms with Gasteiger partial charge in [-0.25, -0.2) is 8.78 Å². The van der Waals surface area contributed by atoms with Gasteiger partial charge >= 0.3 is 0 Å². The minimum absolute atomic E-state index is 0.187. The third-order valence-electron chi connectivity index (χ3n) is 2.48. The summed E-state index contributed by atoms with van der Waals surface area (Å²) in [6.07, 6.45) is 0. The molecule has 0 aromatic heterocycles. The monoisotopic (exact) mass is 285 g/mol. The van der Waals surface area contributed by atoms with Crippen LogP contribution in [0, 0.1) is 18.6 Å². The fourth-order valence-electron chi connectivity index (χ4n) is 1.49. The summed E-state index contributed by atoms with van der Waals surface area (Å²) in [5, 5.41) is 0.545. The van der Waals surface area contributed by atoms with Gasteiger partial charge < -0.3 is 5.73 Å². The molecule has 0 spiro atoms. The van der Waals surface area contributed by atoms with Crippen molar-refractivity contribution < 1.29 is 8.78 Å². The van der Waals surface area contributed by atoms with Crippen molar-refractivity contribution in [2.75, 3.05) is 5.73 Å². The Kier molecular flexibility index (Phi) is 3.78. The van der Waals surface area contributed by atoms with Gasteiger partial charge in [0.05, 0.1) is 4.90 Å². The largest absolute Gasteiger partial charge is 0.398 e. The van der Waals surface area contributed by atoms with E-state index in [1.165, 1.54) is 0 Å². The summed E-state index contributed by atoms with van der Waals surface area (Å²) < 4.78 is 26.7. The number of nitrogens with two attached hydrogens (primary N) is 1. The van der Waals surface area contributed by atoms with Gasteiger partial charge in [-0.1, -0.05) is 23.4 Å². The van der Waals surface area contributed by atoms with Crippen molar-refractivity contribution in [1.29, 1.82) is 0 Å². The fourth-order valence-corrected chi connectivity index (χ4v) is 2.71. The van der Waals surface area contributed by atoms with Gasteiger partial charge in [-0.2, -0.15) is 0 Å². The van der Waals surface area contributed by atoms with Crippen molar-refractivity contribution in [3.8, 4) is 0 Å². The Hall–Kier alpha value is -1.26. The Balaban J connectivity index is 2.46. The van der Waals surface area contributed by atoms with Crippen molar-refractivity contribution >= 4 is 29.1 Å². The molecule has 0 saturated carbocycles. The van der Waals surface area contributed by atoms with Crippen molar-refractivity contribution in [3.63, 3.8) is 0 Å². The minimum atomic E-state index is -0.489. The zero-order chi connectivity index (χ0) is 13.3. The second-order valence-corrected chi connectivity index (χ2v) is 5.23. The van der Waals surface area contributed by atoms with Crippen LogP contribution >= 0.6 is 23.4 Å². The Morgan fingerprint density at radius 1 is 1.17 bits per heavy atom. The molecule has 5 heteroatoms. The molecule has 0 heterocycles. The van der Waals surface area contributed by atoms with Crippen LogP contribution in [0.1, 0.15) is 5.56 Å². The summed E-state index contributed by atoms with van der Waals surface area (Å²) in [6.45, 7) is 1.79. The standard InChI is InChI=1S/C13H10ClF2NS/c1-7-9(14)3-5-11(17)13(7)18-12-6-8(15)2-4-10(12)16/h2-6H,17H2,1H3. The predicted octanol–water partition coefficient (Wildman–Crippen LogP) is 4.66. The summed E-state index contributed by atoms with van der Waals surface area (Å²) in [6, 6.07) is 6.63. The molecule has 0 aliphatic rings. The molecule has 18 heavy (non-hydrogen) atoms. The van der Waals surface area contributed by atoms with Crippen molar-refractivity contribution in [3.05, 3.63) is 52.6 Å². The first-order valence-electron chi connectivity index (χ1n) is 5.16. The molecule has 0 fully saturated rings. The molecule has 0 radical (unpaired) electrons. The highest BCUT2D eigenvalue weighted by Gasteiger charge is 2.12. The third kappa shape index (κ3) is 2.60. The molecule has 2 rings (SSSR count). The van der Waals surface area contributed by atoms with E-state index in [1.54, 1.807) is 19.1 Å². The molecular formula is C13H10ClF2NS. The van der Waals surface area contributed by atoms with Gasteiger partial charge in [-0.05, 0) is 42.8 Å². The fraction of sp³-hybridized carbons (Fsp3) is 0.0769. The van der Waals surface area contributed by atoms with Gasteiger partial charge in [0.1, 0.15) is 11.6 Å². The van der Waals surface area contributed by atoms with Crippen molar-refractivity contribution in [2.24, 2.45) is 0 Å². The SMILES string of the molecule is Cc1c(Cl)ccc(N)c1Sc1cc(F)ccc1F. The Labute approximate surface area is 113 Å². The molecule has 2 N–H and O–H groups in total. The summed E-state index contributed by atoms with van der Waals surface area (Å²) >= 11 is 7.06. The summed E-state index contributed by atoms with van der Waals surface area (Å²) in [7, 11) is 0. The van der Waals surface area contributed by atoms with Crippen LogP contribution in [0.15, 0.2) is 40.1 Å². The molecule has 0 aliphatic carbocycles. The van der Waals surface area contributed by atoms with Gasteiger partial charge in [0.25, 0.3) is 0 Å². The molecule has 0 aliphatic heterocycles. The lowest BCUT2D eigenvalue weighted by molar-refractivity contribution is 0.577. The first-order valence-corrected chi connectivity index (χ1v) is 6.36. The van der Waals surface area contributed by atoms with Crippen LogP contribution < -0.4 is 5.73 Å². The van der Waals surface area contributed by atoms with Crippen LogP contribution in [0.25, 0.3) is 0 Å². The van der Waals surface area contributed by atoms with Crippen LogP contribution in [-0.4, -0.2) is 0 Å². The van der Waals surface area contributed by atoms with E-state index < -0.39 is 11.6 Å². The highest BCUT2D eigenvalue weighted by molar-refractivity contribution is 7.99. The first-order chi connectivity index (χ1) is 8.49. The highest BCUT2D eigenvalue weighted by Crippen LogP contribution is 2.38. The van der Waals surface area contributed by atoms with E-state index in [4.69, 9.17) is 17.3 Å². The zero-order valence-electron chi connectivity index (χ0n) is 9.51. The van der Waals surface area contributed by atoms with Gasteiger partial charge in [0, 0.05) is 15.6 Å². The maximum atomic E-state index is 13.6. The second kappa shape index (κ2) is 5.16. The molecule has 0 atom stereocenters. The number of anilines is 1. The van der Waals surface area contributed by atoms with Crippen LogP contribution in [0.2, 0.25) is 5.02 Å². The van der Waals surface area contributed by atoms with Gasteiger partial charge in [-0.3, -0.25) is 0 Å². The number of hydrogen-bond acceptors (Lipinski definition) is 2. The number of hydrogen-bond donors (Lipinski definition) is 1. The average Bonchev–Trinajstić information content (AvgIpc) is 2.34. The van der Waals surface area contributed by atoms with E-state index in [0.29, 0.717) is 15.6 Å². The predicted molar refractivity (Wildman–Crippen MR) is 71.1 cm³/mol. The smallest absolute Gasteiger partial charge is 0.137 e. The molecule has 0 saturated heterocycles. The molecule has 1 nitrogen and oxygen atoms in total. The minimum Gasteiger partial charge on any atom is -0.398 e. The second-order valence-electron chi connectivity index (χ2n) is 3.77. The summed E-state index contributed by atoms with van der Waals surface area (Å²) in [5.41, 5.74) is 7.08. The number of nitrogen functional groups attached to an aromatic ring is 1. The van der Waals surface area contributed by atoms with Crippen molar-refractivity contribution in [1.82, 2.24) is 0 Å². The molecule has 0 bridgehead atoms. The maximum Gasteiger partial charge on any atom is 0.137 e. The molecule has 2 aromatic rings. The quantitative estimate of drug-likeness (QED) is 0.812. The third-order valence-corrected chi connectivity index (χ3v) is 4.16. The van der Waals surface area contributed by atoms with E-state index in [2.05, 4.69) is 0 Å².